The van der Waals surface area contributed by atoms with E-state index >= 15 is 0 Å². The molecule has 0 saturated carbocycles. The Morgan fingerprint density at radius 1 is 0.380 bits per heavy atom. The van der Waals surface area contributed by atoms with E-state index in [-0.39, 0.29) is 84.1 Å². The number of esters is 6. The van der Waals surface area contributed by atoms with E-state index in [1.165, 1.54) is 4.90 Å². The molecule has 0 aromatic heterocycles. The maximum absolute atomic E-state index is 13.7. The van der Waals surface area contributed by atoms with Crippen LogP contribution in [0.2, 0.25) is 0 Å². The van der Waals surface area contributed by atoms with Crippen molar-refractivity contribution in [2.45, 2.75) is 239 Å². The number of ether oxygens (including phenoxy) is 7. The third-order valence-corrected chi connectivity index (χ3v) is 13.1. The number of likely N-dealkylation sites (N-methyl/N-ethyl adjacent to an activating group) is 1. The van der Waals surface area contributed by atoms with Crippen molar-refractivity contribution in [1.82, 2.24) is 9.80 Å². The summed E-state index contributed by atoms with van der Waals surface area (Å²) in [6, 6.07) is 0. The number of rotatable bonds is 43. The smallest absolute Gasteiger partial charge is 0.410 e. The minimum atomic E-state index is -1.09. The molecular weight excluding hydrogens is 913 g/mol. The Labute approximate surface area is 427 Å². The Morgan fingerprint density at radius 3 is 0.944 bits per heavy atom. The summed E-state index contributed by atoms with van der Waals surface area (Å²) in [4.78, 5) is 95.2. The number of carbonyl (C=O) groups is 7. The summed E-state index contributed by atoms with van der Waals surface area (Å²) in [5, 5.41) is 0. The molecule has 2 rings (SSSR count). The monoisotopic (exact) mass is 1010 g/mol. The molecule has 71 heavy (non-hydrogen) atoms. The van der Waals surface area contributed by atoms with Crippen LogP contribution in [-0.4, -0.2) is 130 Å². The van der Waals surface area contributed by atoms with Crippen LogP contribution in [0.15, 0.2) is 0 Å². The number of likely N-dealkylation sites (tertiary alicyclic amines) is 2. The van der Waals surface area contributed by atoms with E-state index < -0.39 is 66.0 Å². The third kappa shape index (κ3) is 32.0. The van der Waals surface area contributed by atoms with Gasteiger partial charge in [0, 0.05) is 50.6 Å². The fourth-order valence-corrected chi connectivity index (χ4v) is 8.62. The van der Waals surface area contributed by atoms with Gasteiger partial charge in [0.15, 0.2) is 12.2 Å². The Balaban J connectivity index is 2.15. The second-order valence-electron chi connectivity index (χ2n) is 20.1. The number of carbonyl (C=O) groups excluding carboxylic acids is 7. The highest BCUT2D eigenvalue weighted by atomic mass is 16.6. The third-order valence-electron chi connectivity index (χ3n) is 13.1. The van der Waals surface area contributed by atoms with Crippen molar-refractivity contribution in [3.63, 3.8) is 0 Å². The first-order chi connectivity index (χ1) is 34.4. The molecule has 0 aromatic carbocycles. The molecule has 0 bridgehead atoms. The highest BCUT2D eigenvalue weighted by molar-refractivity contribution is 5.74. The van der Waals surface area contributed by atoms with Gasteiger partial charge >= 0.3 is 41.9 Å². The van der Waals surface area contributed by atoms with Gasteiger partial charge in [-0.05, 0) is 32.7 Å². The number of amides is 1. The van der Waals surface area contributed by atoms with Gasteiger partial charge in [0.25, 0.3) is 0 Å². The molecule has 1 amide bonds. The molecule has 16 nitrogen and oxygen atoms in total. The van der Waals surface area contributed by atoms with E-state index in [0.717, 1.165) is 128 Å². The van der Waals surface area contributed by atoms with Crippen molar-refractivity contribution < 1.29 is 66.7 Å². The molecule has 410 valence electrons. The van der Waals surface area contributed by atoms with Crippen LogP contribution in [-0.2, 0) is 61.9 Å². The number of hydrogen-bond donors (Lipinski definition) is 0. The molecule has 2 atom stereocenters. The van der Waals surface area contributed by atoms with Gasteiger partial charge in [0.05, 0.1) is 52.4 Å². The Morgan fingerprint density at radius 2 is 0.662 bits per heavy atom. The fourth-order valence-electron chi connectivity index (χ4n) is 8.62. The van der Waals surface area contributed by atoms with Crippen LogP contribution in [0.3, 0.4) is 0 Å². The first-order valence-electron chi connectivity index (χ1n) is 28.0. The molecule has 0 aromatic rings. The molecule has 0 radical (unpaired) electrons. The SMILES string of the molecule is CCCCCCCCC(=O)OCC(COC(=O)CCCCCCCC)CC(=O)O[C@H]1CN(C(=O)OC2CN(C)C2)C[C@H]1OC(=O)CC(COC(=O)CCCCCCCC)COC(=O)CCCCCCCC. The van der Waals surface area contributed by atoms with E-state index in [9.17, 15) is 33.6 Å². The minimum Gasteiger partial charge on any atom is -0.465 e. The van der Waals surface area contributed by atoms with Gasteiger partial charge in [-0.15, -0.1) is 0 Å². The lowest BCUT2D eigenvalue weighted by Crippen LogP contribution is -2.51. The molecule has 0 spiro atoms. The van der Waals surface area contributed by atoms with E-state index in [1.54, 1.807) is 0 Å². The summed E-state index contributed by atoms with van der Waals surface area (Å²) >= 11 is 0. The molecule has 0 unspecified atom stereocenters. The fraction of sp³-hybridized carbons (Fsp3) is 0.873. The van der Waals surface area contributed by atoms with Gasteiger partial charge in [-0.1, -0.05) is 156 Å². The largest absolute Gasteiger partial charge is 0.465 e. The molecule has 2 saturated heterocycles. The lowest BCUT2D eigenvalue weighted by molar-refractivity contribution is -0.167. The second kappa shape index (κ2) is 40.5. The predicted octanol–water partition coefficient (Wildman–Crippen LogP) is 10.8. The summed E-state index contributed by atoms with van der Waals surface area (Å²) in [6.45, 7) is 8.82. The molecule has 16 heteroatoms. The standard InChI is InChI=1S/C55H96N2O14/c1-6-10-14-18-22-26-30-49(58)65-40-44(41-66-50(59)31-27-23-19-15-11-7-2)34-53(62)70-47-38-57(55(64)69-46-36-56(5)37-46)39-48(47)71-54(63)35-45(42-67-51(60)32-28-24-20-16-12-8-3)43-68-52(61)33-29-25-21-17-13-9-4/h44-48H,6-43H2,1-5H3/t47-,48+. The molecule has 0 N–H and O–H groups in total. The lowest BCUT2D eigenvalue weighted by atomic mass is 10.1. The van der Waals surface area contributed by atoms with E-state index in [4.69, 9.17) is 33.2 Å². The quantitative estimate of drug-likeness (QED) is 0.0318. The first kappa shape index (κ1) is 63.2. The minimum absolute atomic E-state index is 0.119. The van der Waals surface area contributed by atoms with Crippen molar-refractivity contribution in [3.8, 4) is 0 Å². The second-order valence-corrected chi connectivity index (χ2v) is 20.1. The molecular formula is C55H96N2O14. The van der Waals surface area contributed by atoms with Gasteiger partial charge in [-0.25, -0.2) is 4.79 Å². The maximum Gasteiger partial charge on any atom is 0.410 e. The summed E-state index contributed by atoms with van der Waals surface area (Å²) < 4.78 is 39.9. The van der Waals surface area contributed by atoms with Gasteiger partial charge in [-0.2, -0.15) is 0 Å². The normalized spacial score (nSPS) is 15.9. The van der Waals surface area contributed by atoms with E-state index in [2.05, 4.69) is 27.7 Å². The summed E-state index contributed by atoms with van der Waals surface area (Å²) in [5.41, 5.74) is 0. The van der Waals surface area contributed by atoms with Gasteiger partial charge in [-0.3, -0.25) is 33.7 Å². The van der Waals surface area contributed by atoms with Crippen LogP contribution >= 0.6 is 0 Å². The first-order valence-corrected chi connectivity index (χ1v) is 28.0. The van der Waals surface area contributed by atoms with Crippen LogP contribution in [0.1, 0.15) is 220 Å². The zero-order valence-corrected chi connectivity index (χ0v) is 44.9. The van der Waals surface area contributed by atoms with Crippen molar-refractivity contribution in [2.75, 3.05) is 59.7 Å². The van der Waals surface area contributed by atoms with Crippen molar-refractivity contribution in [1.29, 1.82) is 0 Å². The van der Waals surface area contributed by atoms with Crippen LogP contribution in [0.25, 0.3) is 0 Å². The Kier molecular flexibility index (Phi) is 36.1. The highest BCUT2D eigenvalue weighted by Gasteiger charge is 2.43. The molecule has 0 aliphatic carbocycles. The maximum atomic E-state index is 13.7. The topological polar surface area (TPSA) is 191 Å². The van der Waals surface area contributed by atoms with Gasteiger partial charge in [0.1, 0.15) is 6.10 Å². The molecule has 2 fully saturated rings. The van der Waals surface area contributed by atoms with Crippen molar-refractivity contribution in [2.24, 2.45) is 11.8 Å². The van der Waals surface area contributed by atoms with Gasteiger partial charge < -0.3 is 38.1 Å². The van der Waals surface area contributed by atoms with Crippen LogP contribution in [0.5, 0.6) is 0 Å². The van der Waals surface area contributed by atoms with E-state index in [1.807, 2.05) is 11.9 Å². The van der Waals surface area contributed by atoms with Crippen molar-refractivity contribution >= 4 is 41.9 Å². The molecule has 2 aliphatic heterocycles. The zero-order chi connectivity index (χ0) is 51.9. The number of unbranched alkanes of at least 4 members (excludes halogenated alkanes) is 20. The molecule has 2 aliphatic rings. The van der Waals surface area contributed by atoms with Crippen LogP contribution < -0.4 is 0 Å². The van der Waals surface area contributed by atoms with Crippen LogP contribution in [0.4, 0.5) is 4.79 Å². The van der Waals surface area contributed by atoms with Gasteiger partial charge in [0.2, 0.25) is 0 Å². The van der Waals surface area contributed by atoms with Crippen molar-refractivity contribution in [3.05, 3.63) is 0 Å². The highest BCUT2D eigenvalue weighted by Crippen LogP contribution is 2.24. The number of hydrogen-bond acceptors (Lipinski definition) is 15. The zero-order valence-electron chi connectivity index (χ0n) is 44.9. The van der Waals surface area contributed by atoms with Crippen LogP contribution in [0, 0.1) is 11.8 Å². The predicted molar refractivity (Wildman–Crippen MR) is 271 cm³/mol. The average Bonchev–Trinajstić information content (AvgIpc) is 3.73. The summed E-state index contributed by atoms with van der Waals surface area (Å²) in [5.74, 6) is -4.45. The Hall–Kier alpha value is -3.95. The molecule has 2 heterocycles. The number of nitrogens with zero attached hydrogens (tertiary/aromatic N) is 2. The summed E-state index contributed by atoms with van der Waals surface area (Å²) in [6.07, 6.45) is 21.5. The average molecular weight is 1010 g/mol. The lowest BCUT2D eigenvalue weighted by Gasteiger charge is -2.36. The van der Waals surface area contributed by atoms with E-state index in [0.29, 0.717) is 38.8 Å². The summed E-state index contributed by atoms with van der Waals surface area (Å²) in [7, 11) is 1.91. The Bertz CT molecular complexity index is 1330.